The van der Waals surface area contributed by atoms with Crippen LogP contribution in [0.2, 0.25) is 0 Å². The van der Waals surface area contributed by atoms with Crippen LogP contribution in [0.3, 0.4) is 0 Å². The van der Waals surface area contributed by atoms with Gasteiger partial charge in [0.1, 0.15) is 0 Å². The highest BCUT2D eigenvalue weighted by Crippen LogP contribution is 2.50. The fourth-order valence-corrected chi connectivity index (χ4v) is 7.37. The van der Waals surface area contributed by atoms with Crippen molar-refractivity contribution in [1.29, 1.82) is 0 Å². The summed E-state index contributed by atoms with van der Waals surface area (Å²) in [6.45, 7) is 4.66. The van der Waals surface area contributed by atoms with E-state index in [1.165, 1.54) is 38.9 Å². The number of fused-ring (bicyclic) bond motifs is 5. The molecule has 3 heteroatoms. The minimum Gasteiger partial charge on any atom is -0.256 e. The molecule has 0 aliphatic heterocycles. The molecule has 222 valence electrons. The van der Waals surface area contributed by atoms with Gasteiger partial charge >= 0.3 is 0 Å². The van der Waals surface area contributed by atoms with Gasteiger partial charge in [0, 0.05) is 33.5 Å². The number of hydrogen-bond donors (Lipinski definition) is 0. The lowest BCUT2D eigenvalue weighted by Crippen LogP contribution is -2.14. The fourth-order valence-electron chi connectivity index (χ4n) is 7.37. The third kappa shape index (κ3) is 4.39. The second kappa shape index (κ2) is 10.6. The lowest BCUT2D eigenvalue weighted by molar-refractivity contribution is 0.660. The number of benzene rings is 6. The van der Waals surface area contributed by atoms with Crippen molar-refractivity contribution in [3.63, 3.8) is 0 Å². The molecule has 0 spiro atoms. The molecule has 6 aromatic carbocycles. The summed E-state index contributed by atoms with van der Waals surface area (Å²) in [5.41, 5.74) is 14.7. The Balaban J connectivity index is 1.21. The predicted molar refractivity (Wildman–Crippen MR) is 194 cm³/mol. The van der Waals surface area contributed by atoms with Crippen molar-refractivity contribution in [1.82, 2.24) is 15.0 Å². The van der Waals surface area contributed by atoms with Gasteiger partial charge in [0.15, 0.2) is 5.82 Å². The molecule has 0 radical (unpaired) electrons. The molecule has 0 fully saturated rings. The molecule has 0 atom stereocenters. The number of hydrogen-bond acceptors (Lipinski definition) is 3. The first kappa shape index (κ1) is 27.4. The highest BCUT2D eigenvalue weighted by molar-refractivity contribution is 6.07. The van der Waals surface area contributed by atoms with Crippen molar-refractivity contribution in [2.24, 2.45) is 0 Å². The lowest BCUT2D eigenvalue weighted by atomic mass is 9.81. The minimum absolute atomic E-state index is 0.0655. The van der Waals surface area contributed by atoms with Gasteiger partial charge in [-0.25, -0.2) is 9.97 Å². The summed E-state index contributed by atoms with van der Waals surface area (Å²) in [5, 5.41) is 2.11. The van der Waals surface area contributed by atoms with Crippen LogP contribution in [0.5, 0.6) is 0 Å². The molecule has 0 saturated heterocycles. The highest BCUT2D eigenvalue weighted by atomic mass is 14.9. The molecule has 0 unspecified atom stereocenters. The van der Waals surface area contributed by atoms with Crippen molar-refractivity contribution < 1.29 is 0 Å². The minimum atomic E-state index is -0.0655. The van der Waals surface area contributed by atoms with Crippen LogP contribution < -0.4 is 0 Å². The van der Waals surface area contributed by atoms with Crippen LogP contribution in [-0.4, -0.2) is 15.0 Å². The van der Waals surface area contributed by atoms with E-state index in [1.54, 1.807) is 0 Å². The molecular weight excluding hydrogens is 571 g/mol. The van der Waals surface area contributed by atoms with Crippen LogP contribution in [0.25, 0.3) is 77.8 Å². The van der Waals surface area contributed by atoms with Gasteiger partial charge < -0.3 is 0 Å². The Bertz CT molecular complexity index is 2490. The zero-order chi connectivity index (χ0) is 31.5. The number of rotatable bonds is 4. The average Bonchev–Trinajstić information content (AvgIpc) is 3.36. The summed E-state index contributed by atoms with van der Waals surface area (Å²) >= 11 is 0. The quantitative estimate of drug-likeness (QED) is 0.201. The highest BCUT2D eigenvalue weighted by Gasteiger charge is 2.35. The van der Waals surface area contributed by atoms with Crippen molar-refractivity contribution in [2.45, 2.75) is 19.3 Å². The molecule has 8 aromatic rings. The third-order valence-corrected chi connectivity index (χ3v) is 9.75. The van der Waals surface area contributed by atoms with Crippen molar-refractivity contribution in [3.8, 4) is 56.0 Å². The molecule has 9 rings (SSSR count). The third-order valence-electron chi connectivity index (χ3n) is 9.75. The summed E-state index contributed by atoms with van der Waals surface area (Å²) in [6, 6.07) is 51.6. The number of pyridine rings is 1. The molecule has 2 aromatic heterocycles. The number of nitrogens with zero attached hydrogens (tertiary/aromatic N) is 3. The van der Waals surface area contributed by atoms with Gasteiger partial charge in [-0.3, -0.25) is 4.98 Å². The second-order valence-electron chi connectivity index (χ2n) is 12.9. The van der Waals surface area contributed by atoms with Gasteiger partial charge in [-0.2, -0.15) is 0 Å². The van der Waals surface area contributed by atoms with Crippen molar-refractivity contribution in [3.05, 3.63) is 163 Å². The number of para-hydroxylation sites is 1. The molecule has 2 heterocycles. The van der Waals surface area contributed by atoms with E-state index in [-0.39, 0.29) is 5.41 Å². The first-order chi connectivity index (χ1) is 23.1. The van der Waals surface area contributed by atoms with Gasteiger partial charge in [-0.15, -0.1) is 0 Å². The normalized spacial score (nSPS) is 13.1. The molecule has 0 N–H and O–H groups in total. The smallest absolute Gasteiger partial charge is 0.160 e. The molecule has 0 bridgehead atoms. The maximum absolute atomic E-state index is 5.27. The predicted octanol–water partition coefficient (Wildman–Crippen LogP) is 11.2. The topological polar surface area (TPSA) is 38.7 Å². The van der Waals surface area contributed by atoms with E-state index in [4.69, 9.17) is 15.0 Å². The van der Waals surface area contributed by atoms with E-state index in [0.29, 0.717) is 5.82 Å². The molecule has 3 nitrogen and oxygen atoms in total. The van der Waals surface area contributed by atoms with Crippen molar-refractivity contribution >= 4 is 21.8 Å². The van der Waals surface area contributed by atoms with Gasteiger partial charge in [0.25, 0.3) is 0 Å². The summed E-state index contributed by atoms with van der Waals surface area (Å²) in [7, 11) is 0. The Kier molecular flexibility index (Phi) is 6.16. The molecular formula is C44H31N3. The van der Waals surface area contributed by atoms with E-state index >= 15 is 0 Å². The Morgan fingerprint density at radius 1 is 0.447 bits per heavy atom. The van der Waals surface area contributed by atoms with Gasteiger partial charge in [-0.05, 0) is 74.8 Å². The first-order valence-electron chi connectivity index (χ1n) is 16.1. The van der Waals surface area contributed by atoms with Crippen LogP contribution in [0.15, 0.2) is 152 Å². The van der Waals surface area contributed by atoms with Crippen LogP contribution in [0.1, 0.15) is 25.0 Å². The van der Waals surface area contributed by atoms with E-state index in [1.807, 2.05) is 24.4 Å². The van der Waals surface area contributed by atoms with E-state index < -0.39 is 0 Å². The summed E-state index contributed by atoms with van der Waals surface area (Å²) < 4.78 is 0. The van der Waals surface area contributed by atoms with Crippen LogP contribution in [0.4, 0.5) is 0 Å². The Hall–Kier alpha value is -5.93. The molecule has 0 saturated carbocycles. The second-order valence-corrected chi connectivity index (χ2v) is 12.9. The molecule has 0 amide bonds. The Morgan fingerprint density at radius 3 is 2.06 bits per heavy atom. The zero-order valence-corrected chi connectivity index (χ0v) is 26.3. The Morgan fingerprint density at radius 2 is 1.15 bits per heavy atom. The van der Waals surface area contributed by atoms with Crippen LogP contribution in [-0.2, 0) is 5.41 Å². The molecule has 1 aliphatic carbocycles. The molecule has 47 heavy (non-hydrogen) atoms. The standard InChI is InChI=1S/C44H31N3/c1-44(2)38-19-8-6-16-33(38)34-22-21-30(27-39(34)44)32-23-24-37(41-35(32)18-11-25-45-41)42-36-17-7-9-20-40(36)46-43(47-42)31-15-10-14-29(26-31)28-12-4-3-5-13-28/h3-27H,1-2H3. The van der Waals surface area contributed by atoms with Crippen LogP contribution in [0, 0.1) is 0 Å². The van der Waals surface area contributed by atoms with Crippen LogP contribution >= 0.6 is 0 Å². The average molecular weight is 602 g/mol. The number of aromatic nitrogens is 3. The van der Waals surface area contributed by atoms with E-state index in [2.05, 4.69) is 141 Å². The Labute approximate surface area is 274 Å². The monoisotopic (exact) mass is 601 g/mol. The zero-order valence-electron chi connectivity index (χ0n) is 26.3. The van der Waals surface area contributed by atoms with Gasteiger partial charge in [0.05, 0.1) is 16.7 Å². The summed E-state index contributed by atoms with van der Waals surface area (Å²) in [4.78, 5) is 15.3. The van der Waals surface area contributed by atoms with Gasteiger partial charge in [-0.1, -0.05) is 129 Å². The SMILES string of the molecule is CC1(C)c2ccccc2-c2ccc(-c3ccc(-c4nc(-c5cccc(-c6ccccc6)c5)nc5ccccc45)c4ncccc34)cc21. The molecule has 1 aliphatic rings. The van der Waals surface area contributed by atoms with Gasteiger partial charge in [0.2, 0.25) is 0 Å². The summed E-state index contributed by atoms with van der Waals surface area (Å²) in [5.74, 6) is 0.699. The fraction of sp³-hybridized carbons (Fsp3) is 0.0682. The lowest BCUT2D eigenvalue weighted by Gasteiger charge is -2.22. The van der Waals surface area contributed by atoms with E-state index in [9.17, 15) is 0 Å². The van der Waals surface area contributed by atoms with E-state index in [0.717, 1.165) is 44.2 Å². The maximum atomic E-state index is 5.27. The van der Waals surface area contributed by atoms with Crippen molar-refractivity contribution in [2.75, 3.05) is 0 Å². The summed E-state index contributed by atoms with van der Waals surface area (Å²) in [6.07, 6.45) is 1.88. The first-order valence-corrected chi connectivity index (χ1v) is 16.1. The maximum Gasteiger partial charge on any atom is 0.160 e. The largest absolute Gasteiger partial charge is 0.256 e.